The summed E-state index contributed by atoms with van der Waals surface area (Å²) in [5, 5.41) is 6.61. The molecule has 178 valence electrons. The molecule has 6 nitrogen and oxygen atoms in total. The summed E-state index contributed by atoms with van der Waals surface area (Å²) in [5.41, 5.74) is 1.34. The fourth-order valence-electron chi connectivity index (χ4n) is 3.75. The van der Waals surface area contributed by atoms with Gasteiger partial charge in [-0.25, -0.2) is 18.6 Å². The van der Waals surface area contributed by atoms with Crippen LogP contribution in [-0.2, 0) is 0 Å². The fraction of sp³-hybridized carbons (Fsp3) is 0. The highest BCUT2D eigenvalue weighted by atomic mass is 35.7. The SMILES string of the molecule is C=C(NC(=O)c1ccccc1)[P+](c1ccccc1)(c1ccccc1)c1ccccc1.[O-][Cl+3]([O-])([O-])[O-]. The zero-order valence-corrected chi connectivity index (χ0v) is 20.3. The van der Waals surface area contributed by atoms with E-state index in [2.05, 4.69) is 48.3 Å². The molecule has 4 aromatic rings. The second-order valence-electron chi connectivity index (χ2n) is 7.32. The second kappa shape index (κ2) is 11.9. The average molecular weight is 508 g/mol. The highest BCUT2D eigenvalue weighted by molar-refractivity contribution is 7.98. The molecule has 4 rings (SSSR count). The number of nitrogens with one attached hydrogen (secondary N) is 1. The maximum absolute atomic E-state index is 13.0. The first-order valence-corrected chi connectivity index (χ1v) is 13.5. The van der Waals surface area contributed by atoms with Crippen LogP contribution in [-0.4, -0.2) is 5.91 Å². The lowest BCUT2D eigenvalue weighted by Crippen LogP contribution is -2.68. The summed E-state index contributed by atoms with van der Waals surface area (Å²) in [5.74, 6) is -0.146. The molecule has 1 amide bonds. The van der Waals surface area contributed by atoms with Gasteiger partial charge >= 0.3 is 0 Å². The normalized spacial score (nSPS) is 11.1. The second-order valence-corrected chi connectivity index (χ2v) is 11.5. The van der Waals surface area contributed by atoms with Gasteiger partial charge in [0.1, 0.15) is 15.9 Å². The first-order chi connectivity index (χ1) is 16.7. The summed E-state index contributed by atoms with van der Waals surface area (Å²) >= 11 is 0. The Balaban J connectivity index is 0.000000623. The van der Waals surface area contributed by atoms with E-state index in [9.17, 15) is 4.79 Å². The summed E-state index contributed by atoms with van der Waals surface area (Å²) in [6.45, 7) is 4.44. The van der Waals surface area contributed by atoms with E-state index in [0.29, 0.717) is 5.56 Å². The van der Waals surface area contributed by atoms with Crippen molar-refractivity contribution in [2.24, 2.45) is 0 Å². The van der Waals surface area contributed by atoms with Crippen LogP contribution in [0.4, 0.5) is 0 Å². The lowest BCUT2D eigenvalue weighted by molar-refractivity contribution is -2.00. The van der Waals surface area contributed by atoms with Gasteiger partial charge in [-0.3, -0.25) is 10.1 Å². The van der Waals surface area contributed by atoms with Crippen LogP contribution in [0.3, 0.4) is 0 Å². The Hall–Kier alpha value is -3.35. The first-order valence-electron chi connectivity index (χ1n) is 10.5. The van der Waals surface area contributed by atoms with Gasteiger partial charge in [-0.2, -0.15) is 0 Å². The van der Waals surface area contributed by atoms with Crippen LogP contribution in [0.1, 0.15) is 10.4 Å². The quantitative estimate of drug-likeness (QED) is 0.372. The molecule has 0 saturated heterocycles. The van der Waals surface area contributed by atoms with Crippen molar-refractivity contribution in [2.75, 3.05) is 0 Å². The van der Waals surface area contributed by atoms with Crippen molar-refractivity contribution >= 4 is 29.1 Å². The van der Waals surface area contributed by atoms with Gasteiger partial charge in [0.25, 0.3) is 5.91 Å². The van der Waals surface area contributed by atoms with Crippen molar-refractivity contribution in [3.8, 4) is 0 Å². The van der Waals surface area contributed by atoms with Crippen LogP contribution in [0, 0.1) is 10.2 Å². The highest BCUT2D eigenvalue weighted by Crippen LogP contribution is 2.60. The van der Waals surface area contributed by atoms with E-state index < -0.39 is 17.5 Å². The van der Waals surface area contributed by atoms with Gasteiger partial charge in [0.05, 0.1) is 0 Å². The number of hydrogen-bond acceptors (Lipinski definition) is 5. The number of halogens is 1. The number of amides is 1. The van der Waals surface area contributed by atoms with E-state index >= 15 is 0 Å². The Morgan fingerprint density at radius 1 is 0.600 bits per heavy atom. The van der Waals surface area contributed by atoms with Crippen LogP contribution in [0.15, 0.2) is 133 Å². The minimum Gasteiger partial charge on any atom is -0.292 e. The van der Waals surface area contributed by atoms with Crippen LogP contribution in [0.25, 0.3) is 0 Å². The van der Waals surface area contributed by atoms with Crippen LogP contribution >= 0.6 is 7.26 Å². The topological polar surface area (TPSA) is 121 Å². The van der Waals surface area contributed by atoms with Gasteiger partial charge in [-0.1, -0.05) is 72.8 Å². The van der Waals surface area contributed by atoms with Gasteiger partial charge < -0.3 is 0 Å². The lowest BCUT2D eigenvalue weighted by atomic mass is 10.2. The Bertz CT molecular complexity index is 1130. The van der Waals surface area contributed by atoms with Crippen molar-refractivity contribution in [3.05, 3.63) is 139 Å². The molecule has 0 fully saturated rings. The number of hydrogen-bond donors (Lipinski definition) is 1. The molecule has 35 heavy (non-hydrogen) atoms. The van der Waals surface area contributed by atoms with Crippen molar-refractivity contribution in [2.45, 2.75) is 0 Å². The summed E-state index contributed by atoms with van der Waals surface area (Å²) in [6.07, 6.45) is 0. The zero-order valence-electron chi connectivity index (χ0n) is 18.6. The molecule has 0 saturated carbocycles. The minimum atomic E-state index is -4.94. The molecule has 0 aliphatic carbocycles. The molecular weight excluding hydrogens is 485 g/mol. The zero-order chi connectivity index (χ0) is 25.3. The largest absolute Gasteiger partial charge is 0.292 e. The summed E-state index contributed by atoms with van der Waals surface area (Å²) < 4.78 is 34.0. The van der Waals surface area contributed by atoms with Gasteiger partial charge in [-0.05, 0) is 55.1 Å². The maximum atomic E-state index is 13.0. The Labute approximate surface area is 206 Å². The van der Waals surface area contributed by atoms with E-state index in [4.69, 9.17) is 18.6 Å². The van der Waals surface area contributed by atoms with E-state index in [1.54, 1.807) is 0 Å². The van der Waals surface area contributed by atoms with Crippen molar-refractivity contribution in [3.63, 3.8) is 0 Å². The van der Waals surface area contributed by atoms with Gasteiger partial charge in [0.15, 0.2) is 12.7 Å². The monoisotopic (exact) mass is 507 g/mol. The molecule has 0 radical (unpaired) electrons. The molecule has 4 aromatic carbocycles. The number of rotatable bonds is 6. The van der Waals surface area contributed by atoms with Gasteiger partial charge in [-0.15, -0.1) is 10.2 Å². The molecule has 1 N–H and O–H groups in total. The first kappa shape index (κ1) is 26.3. The molecule has 0 bridgehead atoms. The van der Waals surface area contributed by atoms with E-state index in [0.717, 1.165) is 21.4 Å². The minimum absolute atomic E-state index is 0.146. The number of carbonyl (C=O) groups excluding carboxylic acids is 1. The summed E-state index contributed by atoms with van der Waals surface area (Å²) in [6, 6.07) is 40.4. The fourth-order valence-corrected chi connectivity index (χ4v) is 7.70. The average Bonchev–Trinajstić information content (AvgIpc) is 2.86. The summed E-state index contributed by atoms with van der Waals surface area (Å²) in [7, 11) is -7.29. The van der Waals surface area contributed by atoms with Crippen molar-refractivity contribution < 1.29 is 33.7 Å². The van der Waals surface area contributed by atoms with Gasteiger partial charge in [0.2, 0.25) is 0 Å². The van der Waals surface area contributed by atoms with E-state index in [1.807, 2.05) is 84.9 Å². The molecule has 0 heterocycles. The lowest BCUT2D eigenvalue weighted by Gasteiger charge is -2.28. The smallest absolute Gasteiger partial charge is 0.258 e. The highest BCUT2D eigenvalue weighted by Gasteiger charge is 2.49. The predicted molar refractivity (Wildman–Crippen MR) is 128 cm³/mol. The predicted octanol–water partition coefficient (Wildman–Crippen LogP) is 0.126. The maximum Gasteiger partial charge on any atom is 0.258 e. The van der Waals surface area contributed by atoms with Crippen molar-refractivity contribution in [1.82, 2.24) is 5.32 Å². The molecular formula is C27H23ClNO5P. The molecule has 0 unspecified atom stereocenters. The Morgan fingerprint density at radius 3 is 1.20 bits per heavy atom. The number of benzene rings is 4. The molecule has 0 aliphatic heterocycles. The van der Waals surface area contributed by atoms with Crippen LogP contribution in [0.5, 0.6) is 0 Å². The summed E-state index contributed by atoms with van der Waals surface area (Å²) in [4.78, 5) is 13.0. The Kier molecular flexibility index (Phi) is 8.90. The molecule has 0 spiro atoms. The third-order valence-corrected chi connectivity index (χ3v) is 9.27. The van der Waals surface area contributed by atoms with E-state index in [1.165, 1.54) is 0 Å². The number of carbonyl (C=O) groups is 1. The molecule has 0 atom stereocenters. The Morgan fingerprint density at radius 2 is 0.886 bits per heavy atom. The molecule has 0 aromatic heterocycles. The molecule has 8 heteroatoms. The van der Waals surface area contributed by atoms with Gasteiger partial charge in [0, 0.05) is 5.56 Å². The van der Waals surface area contributed by atoms with Crippen LogP contribution in [0.2, 0.25) is 0 Å². The standard InChI is InChI=1S/C27H22NOP.ClHO4/c1-22(28-27(29)23-14-6-2-7-15-23)30(24-16-8-3-9-17-24,25-18-10-4-11-19-25)26-20-12-5-13-21-26;2-1(3,4)5/h2-21H,1H2;(H,2,3,4,5). The van der Waals surface area contributed by atoms with Crippen molar-refractivity contribution in [1.29, 1.82) is 0 Å². The third-order valence-electron chi connectivity index (χ3n) is 5.13. The third kappa shape index (κ3) is 6.84. The van der Waals surface area contributed by atoms with E-state index in [-0.39, 0.29) is 5.91 Å². The van der Waals surface area contributed by atoms with Crippen LogP contribution < -0.4 is 39.9 Å². The molecule has 0 aliphatic rings.